The second-order valence-electron chi connectivity index (χ2n) is 8.34. The molecule has 1 aliphatic rings. The fourth-order valence-electron chi connectivity index (χ4n) is 4.00. The number of aryl methyl sites for hydroxylation is 2. The van der Waals surface area contributed by atoms with Gasteiger partial charge in [-0.25, -0.2) is 4.68 Å². The lowest BCUT2D eigenvalue weighted by molar-refractivity contribution is -0.121. The molecule has 3 aromatic rings. The van der Waals surface area contributed by atoms with Crippen molar-refractivity contribution in [1.29, 1.82) is 0 Å². The first-order chi connectivity index (χ1) is 16.0. The molecule has 0 bridgehead atoms. The van der Waals surface area contributed by atoms with Gasteiger partial charge in [-0.1, -0.05) is 18.2 Å². The van der Waals surface area contributed by atoms with Gasteiger partial charge in [0.15, 0.2) is 0 Å². The number of benzene rings is 2. The van der Waals surface area contributed by atoms with Crippen molar-refractivity contribution in [2.75, 3.05) is 20.3 Å². The Hall–Kier alpha value is -3.32. The summed E-state index contributed by atoms with van der Waals surface area (Å²) in [7, 11) is 1.63. The molecular formula is C26H31N3O4. The van der Waals surface area contributed by atoms with Gasteiger partial charge in [0.25, 0.3) is 0 Å². The number of aromatic nitrogens is 2. The molecule has 1 fully saturated rings. The van der Waals surface area contributed by atoms with Crippen molar-refractivity contribution in [2.24, 2.45) is 0 Å². The monoisotopic (exact) mass is 449 g/mol. The highest BCUT2D eigenvalue weighted by Crippen LogP contribution is 2.33. The smallest absolute Gasteiger partial charge is 0.226 e. The van der Waals surface area contributed by atoms with Crippen LogP contribution in [-0.4, -0.2) is 42.1 Å². The summed E-state index contributed by atoms with van der Waals surface area (Å²) < 4.78 is 19.1. The molecule has 2 aromatic carbocycles. The van der Waals surface area contributed by atoms with Crippen LogP contribution in [0.1, 0.15) is 36.1 Å². The molecule has 0 radical (unpaired) electrons. The van der Waals surface area contributed by atoms with Crippen LogP contribution in [0.25, 0.3) is 5.69 Å². The van der Waals surface area contributed by atoms with Crippen molar-refractivity contribution >= 4 is 5.91 Å². The molecule has 1 aliphatic heterocycles. The average molecular weight is 450 g/mol. The van der Waals surface area contributed by atoms with E-state index in [1.165, 1.54) is 0 Å². The van der Waals surface area contributed by atoms with E-state index in [1.54, 1.807) is 11.8 Å². The Morgan fingerprint density at radius 2 is 2.00 bits per heavy atom. The molecule has 33 heavy (non-hydrogen) atoms. The van der Waals surface area contributed by atoms with Crippen molar-refractivity contribution < 1.29 is 19.0 Å². The molecule has 7 heteroatoms. The zero-order chi connectivity index (χ0) is 23.2. The number of hydrogen-bond acceptors (Lipinski definition) is 5. The summed E-state index contributed by atoms with van der Waals surface area (Å²) in [5.74, 6) is 1.96. The number of carbonyl (C=O) groups excluding carboxylic acids is 1. The lowest BCUT2D eigenvalue weighted by Gasteiger charge is -2.13. The van der Waals surface area contributed by atoms with Gasteiger partial charge in [-0.3, -0.25) is 4.79 Å². The number of hydrogen-bond donors (Lipinski definition) is 1. The summed E-state index contributed by atoms with van der Waals surface area (Å²) in [5.41, 5.74) is 3.78. The molecule has 174 valence electrons. The highest BCUT2D eigenvalue weighted by Gasteiger charge is 2.21. The molecular weight excluding hydrogens is 418 g/mol. The number of rotatable bonds is 9. The second kappa shape index (κ2) is 10.5. The van der Waals surface area contributed by atoms with Gasteiger partial charge in [0.1, 0.15) is 11.5 Å². The van der Waals surface area contributed by atoms with E-state index in [4.69, 9.17) is 19.3 Å². The van der Waals surface area contributed by atoms with Crippen LogP contribution in [-0.2, 0) is 16.0 Å². The summed E-state index contributed by atoms with van der Waals surface area (Å²) in [6.45, 7) is 5.34. The molecule has 1 aromatic heterocycles. The van der Waals surface area contributed by atoms with Crippen molar-refractivity contribution in [3.05, 3.63) is 65.4 Å². The van der Waals surface area contributed by atoms with Gasteiger partial charge in [0.05, 0.1) is 24.6 Å². The van der Waals surface area contributed by atoms with Crippen LogP contribution in [0, 0.1) is 13.8 Å². The van der Waals surface area contributed by atoms with Crippen LogP contribution in [0.3, 0.4) is 0 Å². The summed E-state index contributed by atoms with van der Waals surface area (Å²) in [5, 5.41) is 7.75. The molecule has 2 heterocycles. The van der Waals surface area contributed by atoms with Crippen molar-refractivity contribution in [2.45, 2.75) is 45.6 Å². The molecule has 1 N–H and O–H groups in total. The minimum absolute atomic E-state index is 0.000496. The first kappa shape index (κ1) is 22.9. The van der Waals surface area contributed by atoms with Crippen LogP contribution < -0.4 is 14.8 Å². The summed E-state index contributed by atoms with van der Waals surface area (Å²) in [4.78, 5) is 12.5. The maximum atomic E-state index is 12.5. The molecule has 4 rings (SSSR count). The molecule has 0 spiro atoms. The topological polar surface area (TPSA) is 74.6 Å². The fourth-order valence-corrected chi connectivity index (χ4v) is 4.00. The number of nitrogens with one attached hydrogen (secondary N) is 1. The maximum absolute atomic E-state index is 12.5. The number of ether oxygens (including phenoxy) is 3. The molecule has 1 unspecified atom stereocenters. The molecule has 0 aliphatic carbocycles. The van der Waals surface area contributed by atoms with Gasteiger partial charge in [-0.15, -0.1) is 0 Å². The Bertz CT molecular complexity index is 1100. The lowest BCUT2D eigenvalue weighted by atomic mass is 10.1. The Labute approximate surface area is 194 Å². The number of carbonyl (C=O) groups is 1. The SMILES string of the molecule is COc1cccc(Oc2c(CCC(=O)NCC3CCCO3)c(C)nn2-c2cccc(C)c2)c1. The van der Waals surface area contributed by atoms with Gasteiger partial charge in [0, 0.05) is 31.2 Å². The van der Waals surface area contributed by atoms with Crippen LogP contribution in [0.15, 0.2) is 48.5 Å². The largest absolute Gasteiger partial charge is 0.497 e. The third-order valence-electron chi connectivity index (χ3n) is 5.79. The highest BCUT2D eigenvalue weighted by molar-refractivity contribution is 5.76. The van der Waals surface area contributed by atoms with Crippen molar-refractivity contribution in [1.82, 2.24) is 15.1 Å². The minimum Gasteiger partial charge on any atom is -0.497 e. The van der Waals surface area contributed by atoms with Gasteiger partial charge in [0.2, 0.25) is 11.8 Å². The third kappa shape index (κ3) is 5.73. The summed E-state index contributed by atoms with van der Waals surface area (Å²) >= 11 is 0. The van der Waals surface area contributed by atoms with Gasteiger partial charge >= 0.3 is 0 Å². The lowest BCUT2D eigenvalue weighted by Crippen LogP contribution is -2.31. The molecule has 7 nitrogen and oxygen atoms in total. The van der Waals surface area contributed by atoms with E-state index in [9.17, 15) is 4.79 Å². The predicted octanol–water partition coefficient (Wildman–Crippen LogP) is 4.52. The van der Waals surface area contributed by atoms with Gasteiger partial charge in [-0.2, -0.15) is 5.10 Å². The molecule has 0 saturated carbocycles. The Morgan fingerprint density at radius 3 is 2.76 bits per heavy atom. The standard InChI is InChI=1S/C26H31N3O4/c1-18-7-4-8-20(15-18)29-26(33-22-10-5-9-21(16-22)31-3)24(19(2)28-29)12-13-25(30)27-17-23-11-6-14-32-23/h4-5,7-10,15-16,23H,6,11-14,17H2,1-3H3,(H,27,30). The number of methoxy groups -OCH3 is 1. The average Bonchev–Trinajstić information content (AvgIpc) is 3.44. The predicted molar refractivity (Wildman–Crippen MR) is 126 cm³/mol. The number of amides is 1. The maximum Gasteiger partial charge on any atom is 0.226 e. The quantitative estimate of drug-likeness (QED) is 0.520. The summed E-state index contributed by atoms with van der Waals surface area (Å²) in [6, 6.07) is 15.6. The number of nitrogens with zero attached hydrogens (tertiary/aromatic N) is 2. The van der Waals surface area contributed by atoms with Gasteiger partial charge in [-0.05, 0) is 62.9 Å². The normalized spacial score (nSPS) is 15.4. The van der Waals surface area contributed by atoms with Gasteiger partial charge < -0.3 is 19.5 Å². The van der Waals surface area contributed by atoms with E-state index in [0.717, 1.165) is 42.0 Å². The van der Waals surface area contributed by atoms with E-state index in [0.29, 0.717) is 36.8 Å². The first-order valence-corrected chi connectivity index (χ1v) is 11.4. The fraction of sp³-hybridized carbons (Fsp3) is 0.385. The second-order valence-corrected chi connectivity index (χ2v) is 8.34. The Morgan fingerprint density at radius 1 is 1.18 bits per heavy atom. The third-order valence-corrected chi connectivity index (χ3v) is 5.79. The van der Waals surface area contributed by atoms with E-state index in [2.05, 4.69) is 11.4 Å². The Kier molecular flexibility index (Phi) is 7.29. The van der Waals surface area contributed by atoms with E-state index in [-0.39, 0.29) is 12.0 Å². The van der Waals surface area contributed by atoms with Crippen LogP contribution in [0.5, 0.6) is 17.4 Å². The van der Waals surface area contributed by atoms with E-state index < -0.39 is 0 Å². The van der Waals surface area contributed by atoms with Crippen molar-refractivity contribution in [3.8, 4) is 23.1 Å². The summed E-state index contributed by atoms with van der Waals surface area (Å²) in [6.07, 6.45) is 3.06. The van der Waals surface area contributed by atoms with Crippen LogP contribution in [0.2, 0.25) is 0 Å². The van der Waals surface area contributed by atoms with Crippen LogP contribution in [0.4, 0.5) is 0 Å². The molecule has 1 saturated heterocycles. The zero-order valence-electron chi connectivity index (χ0n) is 19.5. The minimum atomic E-state index is 0.000496. The Balaban J connectivity index is 1.57. The first-order valence-electron chi connectivity index (χ1n) is 11.4. The van der Waals surface area contributed by atoms with Crippen molar-refractivity contribution in [3.63, 3.8) is 0 Å². The van der Waals surface area contributed by atoms with E-state index >= 15 is 0 Å². The molecule has 1 amide bonds. The highest BCUT2D eigenvalue weighted by atomic mass is 16.5. The zero-order valence-corrected chi connectivity index (χ0v) is 19.5. The molecule has 1 atom stereocenters. The van der Waals surface area contributed by atoms with E-state index in [1.807, 2.05) is 56.3 Å². The van der Waals surface area contributed by atoms with Crippen LogP contribution >= 0.6 is 0 Å².